The number of rotatable bonds is 5. The number of hydrogen-bond acceptors (Lipinski definition) is 7. The molecule has 1 fully saturated rings. The van der Waals surface area contributed by atoms with Crippen LogP contribution in [0.2, 0.25) is 0 Å². The minimum atomic E-state index is -3.01. The van der Waals surface area contributed by atoms with Crippen LogP contribution in [-0.2, 0) is 14.6 Å². The van der Waals surface area contributed by atoms with E-state index < -0.39 is 9.84 Å². The Morgan fingerprint density at radius 3 is 2.96 bits per heavy atom. The Morgan fingerprint density at radius 2 is 2.33 bits per heavy atom. The van der Waals surface area contributed by atoms with Gasteiger partial charge in [0.05, 0.1) is 21.6 Å². The highest BCUT2D eigenvalue weighted by atomic mass is 32.2. The summed E-state index contributed by atoms with van der Waals surface area (Å²) in [5.41, 5.74) is 0. The zero-order chi connectivity index (χ0) is 17.3. The van der Waals surface area contributed by atoms with Gasteiger partial charge in [-0.3, -0.25) is 9.89 Å². The standard InChI is InChI=1S/C14H18N4O3S3/c1-9(13(19)18(2)10-5-7-24(20,21)8-10)23-14-15-12(16-17-14)11-4-3-6-22-11/h3-4,6,9-10H,5,7-8H2,1-2H3,(H,15,16,17)/t9-,10+/m0/s1. The number of sulfone groups is 1. The maximum absolute atomic E-state index is 12.5. The Balaban J connectivity index is 1.62. The molecule has 0 unspecified atom stereocenters. The molecule has 24 heavy (non-hydrogen) atoms. The molecule has 1 amide bonds. The first-order valence-corrected chi connectivity index (χ1v) is 11.0. The molecule has 7 nitrogen and oxygen atoms in total. The van der Waals surface area contributed by atoms with Gasteiger partial charge < -0.3 is 4.90 Å². The molecule has 10 heteroatoms. The van der Waals surface area contributed by atoms with Crippen LogP contribution in [0.1, 0.15) is 13.3 Å². The lowest BCUT2D eigenvalue weighted by atomic mass is 10.2. The van der Waals surface area contributed by atoms with Crippen molar-refractivity contribution in [3.05, 3.63) is 17.5 Å². The Morgan fingerprint density at radius 1 is 1.54 bits per heavy atom. The summed E-state index contributed by atoms with van der Waals surface area (Å²) >= 11 is 2.83. The Hall–Kier alpha value is -1.39. The van der Waals surface area contributed by atoms with Gasteiger partial charge in [-0.1, -0.05) is 17.8 Å². The van der Waals surface area contributed by atoms with Crippen LogP contribution in [0.25, 0.3) is 10.7 Å². The molecule has 0 aromatic carbocycles. The normalized spacial score (nSPS) is 20.8. The topological polar surface area (TPSA) is 96.0 Å². The maximum Gasteiger partial charge on any atom is 0.235 e. The van der Waals surface area contributed by atoms with Crippen molar-refractivity contribution in [3.63, 3.8) is 0 Å². The monoisotopic (exact) mass is 386 g/mol. The second-order valence-corrected chi connectivity index (χ2v) is 10.2. The molecule has 0 bridgehead atoms. The van der Waals surface area contributed by atoms with E-state index in [1.54, 1.807) is 30.2 Å². The summed E-state index contributed by atoms with van der Waals surface area (Å²) in [4.78, 5) is 19.5. The molecule has 0 aliphatic carbocycles. The average molecular weight is 387 g/mol. The molecule has 0 radical (unpaired) electrons. The number of H-pyrrole nitrogens is 1. The minimum absolute atomic E-state index is 0.0514. The van der Waals surface area contributed by atoms with Gasteiger partial charge in [-0.15, -0.1) is 16.4 Å². The number of carbonyl (C=O) groups excluding carboxylic acids is 1. The highest BCUT2D eigenvalue weighted by molar-refractivity contribution is 8.00. The minimum Gasteiger partial charge on any atom is -0.341 e. The summed E-state index contributed by atoms with van der Waals surface area (Å²) in [6.07, 6.45) is 0.505. The predicted molar refractivity (Wildman–Crippen MR) is 94.8 cm³/mol. The second kappa shape index (κ2) is 6.85. The summed E-state index contributed by atoms with van der Waals surface area (Å²) in [7, 11) is -1.34. The SMILES string of the molecule is C[C@H](Sc1n[nH]c(-c2cccs2)n1)C(=O)N(C)[C@@H]1CCS(=O)(=O)C1. The summed E-state index contributed by atoms with van der Waals surface area (Å²) < 4.78 is 23.2. The molecule has 0 spiro atoms. The van der Waals surface area contributed by atoms with Crippen LogP contribution in [0, 0.1) is 0 Å². The third kappa shape index (κ3) is 3.81. The molecule has 3 heterocycles. The molecule has 0 saturated carbocycles. The number of amides is 1. The number of aromatic nitrogens is 3. The van der Waals surface area contributed by atoms with Crippen LogP contribution < -0.4 is 0 Å². The van der Waals surface area contributed by atoms with Crippen LogP contribution in [0.15, 0.2) is 22.7 Å². The van der Waals surface area contributed by atoms with Crippen molar-refractivity contribution in [3.8, 4) is 10.7 Å². The molecular weight excluding hydrogens is 368 g/mol. The van der Waals surface area contributed by atoms with Gasteiger partial charge in [-0.2, -0.15) is 0 Å². The molecular formula is C14H18N4O3S3. The lowest BCUT2D eigenvalue weighted by Gasteiger charge is -2.25. The molecule has 2 aromatic rings. The lowest BCUT2D eigenvalue weighted by molar-refractivity contribution is -0.130. The number of carbonyl (C=O) groups is 1. The van der Waals surface area contributed by atoms with E-state index in [1.807, 2.05) is 17.5 Å². The van der Waals surface area contributed by atoms with Crippen molar-refractivity contribution >= 4 is 38.8 Å². The van der Waals surface area contributed by atoms with E-state index in [2.05, 4.69) is 15.2 Å². The van der Waals surface area contributed by atoms with Gasteiger partial charge in [-0.25, -0.2) is 13.4 Å². The number of hydrogen-bond donors (Lipinski definition) is 1. The molecule has 2 aromatic heterocycles. The number of nitrogens with zero attached hydrogens (tertiary/aromatic N) is 3. The number of nitrogens with one attached hydrogen (secondary N) is 1. The zero-order valence-corrected chi connectivity index (χ0v) is 15.7. The van der Waals surface area contributed by atoms with Crippen molar-refractivity contribution in [1.29, 1.82) is 0 Å². The first-order chi connectivity index (χ1) is 11.4. The summed E-state index contributed by atoms with van der Waals surface area (Å²) in [5.74, 6) is 0.782. The Bertz CT molecular complexity index is 816. The van der Waals surface area contributed by atoms with Crippen molar-refractivity contribution < 1.29 is 13.2 Å². The van der Waals surface area contributed by atoms with E-state index in [0.29, 0.717) is 17.4 Å². The third-order valence-electron chi connectivity index (χ3n) is 3.95. The zero-order valence-electron chi connectivity index (χ0n) is 13.3. The van der Waals surface area contributed by atoms with Gasteiger partial charge in [-0.05, 0) is 24.8 Å². The molecule has 1 aliphatic heterocycles. The van der Waals surface area contributed by atoms with Crippen molar-refractivity contribution in [2.24, 2.45) is 0 Å². The van der Waals surface area contributed by atoms with E-state index in [9.17, 15) is 13.2 Å². The summed E-state index contributed by atoms with van der Waals surface area (Å²) in [6.45, 7) is 1.79. The predicted octanol–water partition coefficient (Wildman–Crippen LogP) is 1.66. The van der Waals surface area contributed by atoms with Gasteiger partial charge >= 0.3 is 0 Å². The average Bonchev–Trinajstić information content (AvgIpc) is 3.25. The van der Waals surface area contributed by atoms with Gasteiger partial charge in [0, 0.05) is 13.1 Å². The quantitative estimate of drug-likeness (QED) is 0.785. The molecule has 1 N–H and O–H groups in total. The Labute approximate surface area is 148 Å². The van der Waals surface area contributed by atoms with Crippen LogP contribution in [0.4, 0.5) is 0 Å². The maximum atomic E-state index is 12.5. The fraction of sp³-hybridized carbons (Fsp3) is 0.500. The summed E-state index contributed by atoms with van der Waals surface area (Å²) in [6, 6.07) is 3.65. The highest BCUT2D eigenvalue weighted by Gasteiger charge is 2.34. The fourth-order valence-electron chi connectivity index (χ4n) is 2.58. The third-order valence-corrected chi connectivity index (χ3v) is 7.53. The van der Waals surface area contributed by atoms with Crippen molar-refractivity contribution in [1.82, 2.24) is 20.1 Å². The van der Waals surface area contributed by atoms with E-state index in [0.717, 1.165) is 4.88 Å². The van der Waals surface area contributed by atoms with Gasteiger partial charge in [0.2, 0.25) is 11.1 Å². The number of aromatic amines is 1. The van der Waals surface area contributed by atoms with E-state index >= 15 is 0 Å². The van der Waals surface area contributed by atoms with E-state index in [1.165, 1.54) is 11.8 Å². The van der Waals surface area contributed by atoms with Crippen molar-refractivity contribution in [2.75, 3.05) is 18.6 Å². The number of thioether (sulfide) groups is 1. The second-order valence-electron chi connectivity index (χ2n) is 5.71. The molecule has 3 rings (SSSR count). The molecule has 130 valence electrons. The van der Waals surface area contributed by atoms with Crippen LogP contribution in [-0.4, -0.2) is 64.3 Å². The van der Waals surface area contributed by atoms with Crippen molar-refractivity contribution in [2.45, 2.75) is 29.8 Å². The summed E-state index contributed by atoms with van der Waals surface area (Å²) in [5, 5.41) is 9.10. The first-order valence-electron chi connectivity index (χ1n) is 7.46. The van der Waals surface area contributed by atoms with Gasteiger partial charge in [0.15, 0.2) is 15.7 Å². The van der Waals surface area contributed by atoms with Gasteiger partial charge in [0.25, 0.3) is 0 Å². The highest BCUT2D eigenvalue weighted by Crippen LogP contribution is 2.27. The lowest BCUT2D eigenvalue weighted by Crippen LogP contribution is -2.41. The Kier molecular flexibility index (Phi) is 4.97. The molecule has 1 saturated heterocycles. The first kappa shape index (κ1) is 17.4. The van der Waals surface area contributed by atoms with Crippen LogP contribution >= 0.6 is 23.1 Å². The fourth-order valence-corrected chi connectivity index (χ4v) is 5.84. The largest absolute Gasteiger partial charge is 0.341 e. The number of thiophene rings is 1. The molecule has 2 atom stereocenters. The van der Waals surface area contributed by atoms with E-state index in [-0.39, 0.29) is 28.7 Å². The smallest absolute Gasteiger partial charge is 0.235 e. The van der Waals surface area contributed by atoms with E-state index in [4.69, 9.17) is 0 Å². The van der Waals surface area contributed by atoms with Crippen LogP contribution in [0.3, 0.4) is 0 Å². The molecule has 1 aliphatic rings. The van der Waals surface area contributed by atoms with Crippen LogP contribution in [0.5, 0.6) is 0 Å². The van der Waals surface area contributed by atoms with Gasteiger partial charge in [0.1, 0.15) is 0 Å².